The van der Waals surface area contributed by atoms with E-state index >= 15 is 0 Å². The van der Waals surface area contributed by atoms with Gasteiger partial charge in [0.05, 0.1) is 0 Å². The Hall–Kier alpha value is -0.190. The van der Waals surface area contributed by atoms with Gasteiger partial charge in [0.25, 0.3) is 0 Å². The molecule has 1 rings (SSSR count). The van der Waals surface area contributed by atoms with Gasteiger partial charge in [0.2, 0.25) is 0 Å². The second-order valence-electron chi connectivity index (χ2n) is 0.979. The molecule has 35 valence electrons. The third kappa shape index (κ3) is 1.38. The number of hydrogen-bond acceptors (Lipinski definition) is 2. The molecule has 0 spiro atoms. The minimum absolute atomic E-state index is 0.924. The van der Waals surface area contributed by atoms with E-state index in [2.05, 4.69) is 38.9 Å². The molecule has 0 aromatic carbocycles. The fourth-order valence-corrected chi connectivity index (χ4v) is 0.515. The highest BCUT2D eigenvalue weighted by molar-refractivity contribution is 14.1. The van der Waals surface area contributed by atoms with E-state index in [4.69, 9.17) is 0 Å². The number of aromatic nitrogens is 2. The molecule has 2 nitrogen and oxygen atoms in total. The Labute approximate surface area is 55.1 Å². The van der Waals surface area contributed by atoms with Crippen LogP contribution in [0, 0.1) is 10.0 Å². The first-order valence-electron chi connectivity index (χ1n) is 1.74. The SMILES string of the molecule is Ic1ccn[c]n1. The first kappa shape index (κ1) is 4.96. The van der Waals surface area contributed by atoms with Crippen LogP contribution < -0.4 is 0 Å². The first-order valence-corrected chi connectivity index (χ1v) is 2.82. The second kappa shape index (κ2) is 2.20. The maximum Gasteiger partial charge on any atom is 0.198 e. The number of nitrogens with zero attached hydrogens (tertiary/aromatic N) is 2. The average molecular weight is 205 g/mol. The molecular weight excluding hydrogens is 203 g/mol. The van der Waals surface area contributed by atoms with Gasteiger partial charge in [0.15, 0.2) is 6.33 Å². The Kier molecular flexibility index (Phi) is 1.56. The molecule has 7 heavy (non-hydrogen) atoms. The third-order valence-corrected chi connectivity index (χ3v) is 1.10. The lowest BCUT2D eigenvalue weighted by Gasteiger charge is -1.78. The Bertz CT molecular complexity index is 140. The molecule has 0 atom stereocenters. The molecule has 0 bridgehead atoms. The van der Waals surface area contributed by atoms with Gasteiger partial charge in [-0.05, 0) is 28.7 Å². The monoisotopic (exact) mass is 205 g/mol. The van der Waals surface area contributed by atoms with Gasteiger partial charge in [-0.15, -0.1) is 0 Å². The van der Waals surface area contributed by atoms with Crippen molar-refractivity contribution in [2.75, 3.05) is 0 Å². The van der Waals surface area contributed by atoms with E-state index in [1.54, 1.807) is 6.20 Å². The highest BCUT2D eigenvalue weighted by atomic mass is 127. The van der Waals surface area contributed by atoms with Crippen molar-refractivity contribution in [1.82, 2.24) is 9.97 Å². The van der Waals surface area contributed by atoms with Gasteiger partial charge >= 0.3 is 0 Å². The largest absolute Gasteiger partial charge is 0.234 e. The molecule has 1 aromatic rings. The molecule has 0 aliphatic rings. The smallest absolute Gasteiger partial charge is 0.198 e. The highest BCUT2D eigenvalue weighted by Crippen LogP contribution is 1.92. The molecule has 1 radical (unpaired) electrons. The fourth-order valence-electron chi connectivity index (χ4n) is 0.246. The zero-order valence-electron chi connectivity index (χ0n) is 3.43. The van der Waals surface area contributed by atoms with Gasteiger partial charge < -0.3 is 0 Å². The van der Waals surface area contributed by atoms with Crippen LogP contribution in [0.4, 0.5) is 0 Å². The molecule has 0 amide bonds. The number of rotatable bonds is 0. The average Bonchev–Trinajstić information content (AvgIpc) is 1.69. The summed E-state index contributed by atoms with van der Waals surface area (Å²) in [6.45, 7) is 0. The highest BCUT2D eigenvalue weighted by Gasteiger charge is 1.77. The summed E-state index contributed by atoms with van der Waals surface area (Å²) in [7, 11) is 0. The van der Waals surface area contributed by atoms with E-state index < -0.39 is 0 Å². The molecular formula is C4H2IN2. The molecule has 0 saturated heterocycles. The van der Waals surface area contributed by atoms with Crippen LogP contribution in [0.3, 0.4) is 0 Å². The van der Waals surface area contributed by atoms with E-state index in [0.29, 0.717) is 0 Å². The van der Waals surface area contributed by atoms with Gasteiger partial charge in [-0.1, -0.05) is 0 Å². The van der Waals surface area contributed by atoms with Crippen molar-refractivity contribution in [2.24, 2.45) is 0 Å². The van der Waals surface area contributed by atoms with Crippen molar-refractivity contribution in [3.05, 3.63) is 22.3 Å². The summed E-state index contributed by atoms with van der Waals surface area (Å²) in [5.74, 6) is 0. The molecule has 0 N–H and O–H groups in total. The molecule has 0 fully saturated rings. The summed E-state index contributed by atoms with van der Waals surface area (Å²) in [5.41, 5.74) is 0. The van der Waals surface area contributed by atoms with Crippen LogP contribution in [-0.4, -0.2) is 9.97 Å². The summed E-state index contributed by atoms with van der Waals surface area (Å²) in [5, 5.41) is 0. The quantitative estimate of drug-likeness (QED) is 0.464. The number of halogens is 1. The maximum atomic E-state index is 3.73. The van der Waals surface area contributed by atoms with Gasteiger partial charge in [0.1, 0.15) is 3.70 Å². The van der Waals surface area contributed by atoms with Gasteiger partial charge in [-0.2, -0.15) is 0 Å². The van der Waals surface area contributed by atoms with Gasteiger partial charge in [0, 0.05) is 6.20 Å². The second-order valence-corrected chi connectivity index (χ2v) is 2.08. The van der Waals surface area contributed by atoms with Crippen LogP contribution in [0.1, 0.15) is 0 Å². The van der Waals surface area contributed by atoms with E-state index in [1.165, 1.54) is 0 Å². The van der Waals surface area contributed by atoms with Crippen LogP contribution in [0.2, 0.25) is 0 Å². The molecule has 0 unspecified atom stereocenters. The summed E-state index contributed by atoms with van der Waals surface area (Å²) in [6, 6.07) is 1.82. The summed E-state index contributed by atoms with van der Waals surface area (Å²) < 4.78 is 0.924. The van der Waals surface area contributed by atoms with E-state index in [0.717, 1.165) is 3.70 Å². The van der Waals surface area contributed by atoms with E-state index in [9.17, 15) is 0 Å². The van der Waals surface area contributed by atoms with Crippen molar-refractivity contribution < 1.29 is 0 Å². The Morgan fingerprint density at radius 2 is 2.57 bits per heavy atom. The lowest BCUT2D eigenvalue weighted by molar-refractivity contribution is 1.12. The topological polar surface area (TPSA) is 25.8 Å². The Morgan fingerprint density at radius 3 is 2.86 bits per heavy atom. The fraction of sp³-hybridized carbons (Fsp3) is 0. The van der Waals surface area contributed by atoms with Crippen molar-refractivity contribution >= 4 is 22.6 Å². The third-order valence-electron chi connectivity index (χ3n) is 0.501. The first-order chi connectivity index (χ1) is 3.39. The Morgan fingerprint density at radius 1 is 1.71 bits per heavy atom. The molecule has 0 saturated carbocycles. The molecule has 1 heterocycles. The molecule has 1 aromatic heterocycles. The minimum Gasteiger partial charge on any atom is -0.234 e. The van der Waals surface area contributed by atoms with Crippen molar-refractivity contribution in [3.8, 4) is 0 Å². The van der Waals surface area contributed by atoms with Crippen LogP contribution in [0.5, 0.6) is 0 Å². The summed E-state index contributed by atoms with van der Waals surface area (Å²) >= 11 is 2.10. The number of hydrogen-bond donors (Lipinski definition) is 0. The van der Waals surface area contributed by atoms with E-state index in [1.807, 2.05) is 6.07 Å². The lowest BCUT2D eigenvalue weighted by atomic mass is 10.7. The summed E-state index contributed by atoms with van der Waals surface area (Å²) in [6.07, 6.45) is 4.11. The van der Waals surface area contributed by atoms with Crippen LogP contribution in [-0.2, 0) is 0 Å². The van der Waals surface area contributed by atoms with Crippen LogP contribution >= 0.6 is 22.6 Å². The normalized spacial score (nSPS) is 8.71. The molecule has 0 aliphatic heterocycles. The predicted molar refractivity (Wildman–Crippen MR) is 33.6 cm³/mol. The van der Waals surface area contributed by atoms with Crippen molar-refractivity contribution in [2.45, 2.75) is 0 Å². The van der Waals surface area contributed by atoms with Crippen LogP contribution in [0.25, 0.3) is 0 Å². The van der Waals surface area contributed by atoms with Crippen molar-refractivity contribution in [1.29, 1.82) is 0 Å². The molecule has 3 heteroatoms. The minimum atomic E-state index is 0.924. The zero-order chi connectivity index (χ0) is 5.11. The van der Waals surface area contributed by atoms with Gasteiger partial charge in [-0.3, -0.25) is 0 Å². The lowest BCUT2D eigenvalue weighted by Crippen LogP contribution is -1.77. The van der Waals surface area contributed by atoms with Crippen LogP contribution in [0.15, 0.2) is 12.3 Å². The predicted octanol–water partition coefficient (Wildman–Crippen LogP) is 0.881. The zero-order valence-corrected chi connectivity index (χ0v) is 5.58. The van der Waals surface area contributed by atoms with E-state index in [-0.39, 0.29) is 0 Å². The maximum absolute atomic E-state index is 3.73. The Balaban J connectivity index is 3.02. The standard InChI is InChI=1S/C4H2IN2/c5-4-1-2-6-3-7-4/h1-2H. The van der Waals surface area contributed by atoms with Gasteiger partial charge in [-0.25, -0.2) is 9.97 Å². The molecule has 0 aliphatic carbocycles. The summed E-state index contributed by atoms with van der Waals surface area (Å²) in [4.78, 5) is 7.33. The van der Waals surface area contributed by atoms with Crippen molar-refractivity contribution in [3.63, 3.8) is 0 Å².